The summed E-state index contributed by atoms with van der Waals surface area (Å²) in [4.78, 5) is 13.6. The van der Waals surface area contributed by atoms with Crippen molar-refractivity contribution in [3.63, 3.8) is 0 Å². The van der Waals surface area contributed by atoms with Gasteiger partial charge in [-0.25, -0.2) is 0 Å². The molecular weight excluding hydrogens is 311 g/mol. The lowest BCUT2D eigenvalue weighted by molar-refractivity contribution is -0.222. The molecule has 128 valence electrons. The second kappa shape index (κ2) is 7.21. The summed E-state index contributed by atoms with van der Waals surface area (Å²) in [5.41, 5.74) is 0.670. The van der Waals surface area contributed by atoms with Crippen molar-refractivity contribution in [2.24, 2.45) is 5.92 Å². The lowest BCUT2D eigenvalue weighted by Crippen LogP contribution is -2.45. The highest BCUT2D eigenvalue weighted by Crippen LogP contribution is 2.31. The summed E-state index contributed by atoms with van der Waals surface area (Å²) >= 11 is 0. The van der Waals surface area contributed by atoms with Gasteiger partial charge in [-0.05, 0) is 36.8 Å². The van der Waals surface area contributed by atoms with Crippen molar-refractivity contribution in [3.05, 3.63) is 29.8 Å². The summed E-state index contributed by atoms with van der Waals surface area (Å²) < 4.78 is 37.4. The number of hydrogen-bond acceptors (Lipinski definition) is 3. The molecule has 1 unspecified atom stereocenters. The number of aliphatic hydroxyl groups excluding tert-OH is 1. The first-order chi connectivity index (χ1) is 10.8. The van der Waals surface area contributed by atoms with Gasteiger partial charge < -0.3 is 15.1 Å². The van der Waals surface area contributed by atoms with E-state index in [1.54, 1.807) is 24.3 Å². The number of aliphatic hydroxyl groups is 1. The van der Waals surface area contributed by atoms with Gasteiger partial charge in [0.15, 0.2) is 6.10 Å². The number of likely N-dealkylation sites (tertiary alicyclic amines) is 1. The minimum atomic E-state index is -4.61. The first-order valence-electron chi connectivity index (χ1n) is 7.58. The van der Waals surface area contributed by atoms with Crippen LogP contribution in [0.15, 0.2) is 24.3 Å². The SMILES string of the molecule is O=C(CCc1ccccc1O)N1CCC(C(O)C(F)(F)F)CC1. The Balaban J connectivity index is 1.81. The number of rotatable bonds is 4. The number of aromatic hydroxyl groups is 1. The van der Waals surface area contributed by atoms with Crippen molar-refractivity contribution >= 4 is 5.91 Å². The fourth-order valence-corrected chi connectivity index (χ4v) is 2.85. The molecule has 7 heteroatoms. The van der Waals surface area contributed by atoms with Crippen LogP contribution in [0.25, 0.3) is 0 Å². The molecule has 0 spiro atoms. The first kappa shape index (κ1) is 17.6. The van der Waals surface area contributed by atoms with E-state index < -0.39 is 18.2 Å². The monoisotopic (exact) mass is 331 g/mol. The van der Waals surface area contributed by atoms with Crippen molar-refractivity contribution in [2.75, 3.05) is 13.1 Å². The Hall–Kier alpha value is -1.76. The highest BCUT2D eigenvalue weighted by atomic mass is 19.4. The second-order valence-electron chi connectivity index (χ2n) is 5.83. The second-order valence-corrected chi connectivity index (χ2v) is 5.83. The number of carbonyl (C=O) groups excluding carboxylic acids is 1. The molecule has 1 aromatic carbocycles. The average Bonchev–Trinajstić information content (AvgIpc) is 2.52. The largest absolute Gasteiger partial charge is 0.508 e. The van der Waals surface area contributed by atoms with Gasteiger partial charge in [0.25, 0.3) is 0 Å². The van der Waals surface area contributed by atoms with Crippen LogP contribution in [0.3, 0.4) is 0 Å². The van der Waals surface area contributed by atoms with E-state index in [4.69, 9.17) is 0 Å². The van der Waals surface area contributed by atoms with Crippen LogP contribution in [0.5, 0.6) is 5.75 Å². The van der Waals surface area contributed by atoms with E-state index in [0.29, 0.717) is 12.0 Å². The molecule has 0 radical (unpaired) electrons. The summed E-state index contributed by atoms with van der Waals surface area (Å²) in [5.74, 6) is -0.863. The minimum Gasteiger partial charge on any atom is -0.508 e. The quantitative estimate of drug-likeness (QED) is 0.891. The lowest BCUT2D eigenvalue weighted by atomic mass is 9.90. The van der Waals surface area contributed by atoms with Crippen LogP contribution >= 0.6 is 0 Å². The number of piperidine rings is 1. The molecule has 1 aromatic rings. The first-order valence-corrected chi connectivity index (χ1v) is 7.58. The minimum absolute atomic E-state index is 0.132. The van der Waals surface area contributed by atoms with Gasteiger partial charge in [0.05, 0.1) is 0 Å². The summed E-state index contributed by atoms with van der Waals surface area (Å²) in [6.07, 6.45) is -6.06. The number of phenolic OH excluding ortho intramolecular Hbond substituents is 1. The number of halogens is 3. The van der Waals surface area contributed by atoms with Gasteiger partial charge in [-0.15, -0.1) is 0 Å². The van der Waals surface area contributed by atoms with Crippen LogP contribution in [0.4, 0.5) is 13.2 Å². The van der Waals surface area contributed by atoms with Crippen molar-refractivity contribution in [2.45, 2.75) is 38.0 Å². The molecule has 4 nitrogen and oxygen atoms in total. The van der Waals surface area contributed by atoms with Crippen molar-refractivity contribution in [3.8, 4) is 5.75 Å². The number of nitrogens with zero attached hydrogens (tertiary/aromatic N) is 1. The number of phenols is 1. The molecule has 2 N–H and O–H groups in total. The topological polar surface area (TPSA) is 60.8 Å². The zero-order valence-electron chi connectivity index (χ0n) is 12.6. The number of aryl methyl sites for hydroxylation is 1. The van der Waals surface area contributed by atoms with Gasteiger partial charge in [0, 0.05) is 19.5 Å². The normalized spacial score (nSPS) is 18.0. The van der Waals surface area contributed by atoms with Crippen molar-refractivity contribution < 1.29 is 28.2 Å². The van der Waals surface area contributed by atoms with E-state index >= 15 is 0 Å². The Morgan fingerprint density at radius 3 is 2.43 bits per heavy atom. The number of alkyl halides is 3. The number of carbonyl (C=O) groups is 1. The standard InChI is InChI=1S/C16H20F3NO3/c17-16(18,19)15(23)12-7-9-20(10-8-12)14(22)6-5-11-3-1-2-4-13(11)21/h1-4,12,15,21,23H,5-10H2. The van der Waals surface area contributed by atoms with Crippen LogP contribution in [-0.2, 0) is 11.2 Å². The Morgan fingerprint density at radius 2 is 1.87 bits per heavy atom. The Kier molecular flexibility index (Phi) is 5.51. The number of amides is 1. The van der Waals surface area contributed by atoms with Gasteiger partial charge >= 0.3 is 6.18 Å². The van der Waals surface area contributed by atoms with Gasteiger partial charge in [0.2, 0.25) is 5.91 Å². The molecule has 0 aromatic heterocycles. The van der Waals surface area contributed by atoms with Gasteiger partial charge in [-0.2, -0.15) is 13.2 Å². The maximum Gasteiger partial charge on any atom is 0.414 e. The van der Waals surface area contributed by atoms with E-state index in [2.05, 4.69) is 0 Å². The van der Waals surface area contributed by atoms with E-state index in [9.17, 15) is 28.2 Å². The van der Waals surface area contributed by atoms with Crippen LogP contribution < -0.4 is 0 Å². The summed E-state index contributed by atoms with van der Waals surface area (Å²) in [6, 6.07) is 6.74. The Bertz CT molecular complexity index is 540. The van der Waals surface area contributed by atoms with Crippen LogP contribution in [0.2, 0.25) is 0 Å². The zero-order valence-corrected chi connectivity index (χ0v) is 12.6. The molecule has 0 saturated carbocycles. The van der Waals surface area contributed by atoms with Gasteiger partial charge in [0.1, 0.15) is 5.75 Å². The molecule has 23 heavy (non-hydrogen) atoms. The third-order valence-corrected chi connectivity index (χ3v) is 4.27. The Morgan fingerprint density at radius 1 is 1.26 bits per heavy atom. The lowest BCUT2D eigenvalue weighted by Gasteiger charge is -2.34. The summed E-state index contributed by atoms with van der Waals surface area (Å²) in [6.45, 7) is 0.439. The zero-order chi connectivity index (χ0) is 17.0. The maximum absolute atomic E-state index is 12.5. The smallest absolute Gasteiger partial charge is 0.414 e. The molecule has 1 atom stereocenters. The van der Waals surface area contributed by atoms with E-state index in [1.807, 2.05) is 0 Å². The number of hydrogen-bond donors (Lipinski definition) is 2. The molecule has 1 saturated heterocycles. The number of benzene rings is 1. The van der Waals surface area contributed by atoms with Gasteiger partial charge in [-0.3, -0.25) is 4.79 Å². The summed E-state index contributed by atoms with van der Waals surface area (Å²) in [5, 5.41) is 18.9. The van der Waals surface area contributed by atoms with Gasteiger partial charge in [-0.1, -0.05) is 18.2 Å². The molecule has 0 aliphatic carbocycles. The third kappa shape index (κ3) is 4.60. The fourth-order valence-electron chi connectivity index (χ4n) is 2.85. The molecule has 1 heterocycles. The number of para-hydroxylation sites is 1. The Labute approximate surface area is 132 Å². The maximum atomic E-state index is 12.5. The predicted octanol–water partition coefficient (Wildman–Crippen LogP) is 2.49. The molecule has 2 rings (SSSR count). The molecular formula is C16H20F3NO3. The molecule has 1 aliphatic rings. The molecule has 1 aliphatic heterocycles. The van der Waals surface area contributed by atoms with E-state index in [1.165, 1.54) is 4.90 Å². The molecule has 1 fully saturated rings. The average molecular weight is 331 g/mol. The molecule has 0 bridgehead atoms. The van der Waals surface area contributed by atoms with Crippen LogP contribution in [0.1, 0.15) is 24.8 Å². The fraction of sp³-hybridized carbons (Fsp3) is 0.562. The van der Waals surface area contributed by atoms with Crippen LogP contribution in [0, 0.1) is 5.92 Å². The highest BCUT2D eigenvalue weighted by Gasteiger charge is 2.44. The van der Waals surface area contributed by atoms with E-state index in [-0.39, 0.29) is 44.0 Å². The van der Waals surface area contributed by atoms with Crippen molar-refractivity contribution in [1.82, 2.24) is 4.90 Å². The summed E-state index contributed by atoms with van der Waals surface area (Å²) in [7, 11) is 0. The van der Waals surface area contributed by atoms with Crippen LogP contribution in [-0.4, -0.2) is 46.4 Å². The predicted molar refractivity (Wildman–Crippen MR) is 77.8 cm³/mol. The van der Waals surface area contributed by atoms with Crippen molar-refractivity contribution in [1.29, 1.82) is 0 Å². The molecule has 1 amide bonds. The third-order valence-electron chi connectivity index (χ3n) is 4.27. The van der Waals surface area contributed by atoms with E-state index in [0.717, 1.165) is 0 Å². The highest BCUT2D eigenvalue weighted by molar-refractivity contribution is 5.76.